The lowest BCUT2D eigenvalue weighted by Gasteiger charge is -2.04. The van der Waals surface area contributed by atoms with Gasteiger partial charge in [-0.3, -0.25) is 20.2 Å². The molecule has 0 fully saturated rings. The summed E-state index contributed by atoms with van der Waals surface area (Å²) in [5.41, 5.74) is 0.0973. The first-order chi connectivity index (χ1) is 8.99. The quantitative estimate of drug-likeness (QED) is 0.527. The number of rotatable bonds is 3. The number of hydrogen-bond donors (Lipinski definition) is 1. The van der Waals surface area contributed by atoms with Crippen LogP contribution in [0, 0.1) is 17.0 Å². The van der Waals surface area contributed by atoms with Gasteiger partial charge in [0.25, 0.3) is 5.91 Å². The lowest BCUT2D eigenvalue weighted by atomic mass is 10.3. The zero-order valence-electron chi connectivity index (χ0n) is 9.45. The Morgan fingerprint density at radius 2 is 2.26 bits per heavy atom. The van der Waals surface area contributed by atoms with Crippen LogP contribution in [0.25, 0.3) is 0 Å². The molecule has 1 amide bonds. The first-order valence-corrected chi connectivity index (χ1v) is 6.05. The van der Waals surface area contributed by atoms with Crippen molar-refractivity contribution in [1.82, 2.24) is 14.6 Å². The Balaban J connectivity index is 2.33. The summed E-state index contributed by atoms with van der Waals surface area (Å²) in [6.07, 6.45) is 0. The minimum atomic E-state index is -0.656. The third-order valence-electron chi connectivity index (χ3n) is 2.13. The van der Waals surface area contributed by atoms with Crippen molar-refractivity contribution >= 4 is 40.5 Å². The summed E-state index contributed by atoms with van der Waals surface area (Å²) in [5.74, 6) is -0.777. The predicted molar refractivity (Wildman–Crippen MR) is 68.5 cm³/mol. The molecular weight excluding hydrogens is 294 g/mol. The first kappa shape index (κ1) is 13.3. The number of aromatic nitrogens is 3. The van der Waals surface area contributed by atoms with Gasteiger partial charge in [-0.1, -0.05) is 16.1 Å². The summed E-state index contributed by atoms with van der Waals surface area (Å²) >= 11 is 6.55. The van der Waals surface area contributed by atoms with Crippen molar-refractivity contribution in [3.05, 3.63) is 38.0 Å². The number of aryl methyl sites for hydroxylation is 1. The van der Waals surface area contributed by atoms with E-state index in [-0.39, 0.29) is 21.5 Å². The van der Waals surface area contributed by atoms with Crippen molar-refractivity contribution in [2.45, 2.75) is 6.92 Å². The minimum Gasteiger partial charge on any atom is -0.300 e. The number of carbonyl (C=O) groups excluding carboxylic acids is 1. The third-order valence-corrected chi connectivity index (χ3v) is 3.16. The fraction of sp³-hybridized carbons (Fsp3) is 0.111. The van der Waals surface area contributed by atoms with Crippen LogP contribution in [0.5, 0.6) is 0 Å². The SMILES string of the molecule is Cc1nnsc1C(=O)Nc1nc(Cl)ccc1[N+](=O)[O-]. The second-order valence-corrected chi connectivity index (χ2v) is 4.54. The van der Waals surface area contributed by atoms with E-state index in [1.165, 1.54) is 12.1 Å². The van der Waals surface area contributed by atoms with E-state index in [2.05, 4.69) is 19.9 Å². The molecule has 10 heteroatoms. The zero-order valence-corrected chi connectivity index (χ0v) is 11.0. The van der Waals surface area contributed by atoms with E-state index in [1.54, 1.807) is 6.92 Å². The summed E-state index contributed by atoms with van der Waals surface area (Å²) in [5, 5.41) is 16.9. The van der Waals surface area contributed by atoms with E-state index >= 15 is 0 Å². The van der Waals surface area contributed by atoms with Gasteiger partial charge in [0.05, 0.1) is 10.6 Å². The van der Waals surface area contributed by atoms with Gasteiger partial charge < -0.3 is 0 Å². The average Bonchev–Trinajstić information content (AvgIpc) is 2.75. The van der Waals surface area contributed by atoms with Crippen molar-refractivity contribution < 1.29 is 9.72 Å². The topological polar surface area (TPSA) is 111 Å². The molecule has 0 aliphatic carbocycles. The number of nitro groups is 1. The van der Waals surface area contributed by atoms with Gasteiger partial charge >= 0.3 is 5.69 Å². The van der Waals surface area contributed by atoms with Crippen LogP contribution < -0.4 is 5.32 Å². The van der Waals surface area contributed by atoms with Gasteiger partial charge in [0.2, 0.25) is 5.82 Å². The number of hydrogen-bond acceptors (Lipinski definition) is 7. The molecule has 0 aliphatic heterocycles. The highest BCUT2D eigenvalue weighted by Crippen LogP contribution is 2.25. The molecule has 2 rings (SSSR count). The summed E-state index contributed by atoms with van der Waals surface area (Å²) in [6.45, 7) is 1.61. The van der Waals surface area contributed by atoms with Gasteiger partial charge in [-0.05, 0) is 24.5 Å². The van der Waals surface area contributed by atoms with Crippen LogP contribution in [0.1, 0.15) is 15.4 Å². The van der Waals surface area contributed by atoms with Crippen LogP contribution in [0.2, 0.25) is 5.15 Å². The fourth-order valence-corrected chi connectivity index (χ4v) is 1.97. The van der Waals surface area contributed by atoms with Crippen LogP contribution in [-0.2, 0) is 0 Å². The summed E-state index contributed by atoms with van der Waals surface area (Å²) < 4.78 is 3.61. The Labute approximate surface area is 115 Å². The largest absolute Gasteiger partial charge is 0.311 e. The maximum atomic E-state index is 11.9. The molecule has 19 heavy (non-hydrogen) atoms. The van der Waals surface area contributed by atoms with Crippen LogP contribution in [0.4, 0.5) is 11.5 Å². The minimum absolute atomic E-state index is 0.0417. The maximum Gasteiger partial charge on any atom is 0.311 e. The van der Waals surface area contributed by atoms with E-state index in [0.29, 0.717) is 5.69 Å². The number of carbonyl (C=O) groups is 1. The van der Waals surface area contributed by atoms with Gasteiger partial charge in [-0.25, -0.2) is 4.98 Å². The van der Waals surface area contributed by atoms with Gasteiger partial charge in [-0.2, -0.15) is 0 Å². The highest BCUT2D eigenvalue weighted by molar-refractivity contribution is 7.08. The second kappa shape index (κ2) is 5.24. The Morgan fingerprint density at radius 1 is 1.53 bits per heavy atom. The predicted octanol–water partition coefficient (Wildman–Crippen LogP) is 2.06. The average molecular weight is 300 g/mol. The van der Waals surface area contributed by atoms with Crippen LogP contribution >= 0.6 is 23.1 Å². The van der Waals surface area contributed by atoms with Crippen molar-refractivity contribution in [1.29, 1.82) is 0 Å². The van der Waals surface area contributed by atoms with Gasteiger partial charge in [0, 0.05) is 6.07 Å². The Hall–Kier alpha value is -2.13. The van der Waals surface area contributed by atoms with Crippen LogP contribution in [0.3, 0.4) is 0 Å². The number of nitrogens with zero attached hydrogens (tertiary/aromatic N) is 4. The first-order valence-electron chi connectivity index (χ1n) is 4.90. The molecule has 0 aliphatic rings. The molecule has 0 saturated heterocycles. The number of nitrogens with one attached hydrogen (secondary N) is 1. The molecule has 0 spiro atoms. The zero-order chi connectivity index (χ0) is 14.0. The molecule has 0 radical (unpaired) electrons. The molecule has 2 aromatic rings. The third kappa shape index (κ3) is 2.83. The van der Waals surface area contributed by atoms with Crippen molar-refractivity contribution in [3.8, 4) is 0 Å². The monoisotopic (exact) mass is 299 g/mol. The van der Waals surface area contributed by atoms with Gasteiger partial charge in [0.1, 0.15) is 10.0 Å². The molecule has 0 bridgehead atoms. The van der Waals surface area contributed by atoms with Crippen LogP contribution in [0.15, 0.2) is 12.1 Å². The van der Waals surface area contributed by atoms with E-state index in [0.717, 1.165) is 11.5 Å². The number of halogens is 1. The number of pyridine rings is 1. The Kier molecular flexibility index (Phi) is 3.67. The molecule has 2 heterocycles. The standard InChI is InChI=1S/C9H6ClN5O3S/c1-4-7(19-14-13-4)9(16)12-8-5(15(17)18)2-3-6(10)11-8/h2-3H,1H3,(H,11,12,16). The van der Waals surface area contributed by atoms with E-state index in [9.17, 15) is 14.9 Å². The molecule has 0 atom stereocenters. The Morgan fingerprint density at radius 3 is 2.84 bits per heavy atom. The van der Waals surface area contributed by atoms with E-state index < -0.39 is 10.8 Å². The van der Waals surface area contributed by atoms with Crippen molar-refractivity contribution in [3.63, 3.8) is 0 Å². The molecule has 2 aromatic heterocycles. The Bertz CT molecular complexity index is 659. The molecule has 0 saturated carbocycles. The number of amides is 1. The van der Waals surface area contributed by atoms with Crippen LogP contribution in [-0.4, -0.2) is 25.4 Å². The summed E-state index contributed by atoms with van der Waals surface area (Å²) in [7, 11) is 0. The molecular formula is C9H6ClN5O3S. The molecule has 8 nitrogen and oxygen atoms in total. The highest BCUT2D eigenvalue weighted by atomic mass is 35.5. The van der Waals surface area contributed by atoms with E-state index in [4.69, 9.17) is 11.6 Å². The normalized spacial score (nSPS) is 10.2. The molecule has 1 N–H and O–H groups in total. The second-order valence-electron chi connectivity index (χ2n) is 3.40. The van der Waals surface area contributed by atoms with Gasteiger partial charge in [-0.15, -0.1) is 5.10 Å². The summed E-state index contributed by atoms with van der Waals surface area (Å²) in [6, 6.07) is 2.44. The van der Waals surface area contributed by atoms with Gasteiger partial charge in [0.15, 0.2) is 0 Å². The lowest BCUT2D eigenvalue weighted by molar-refractivity contribution is -0.384. The highest BCUT2D eigenvalue weighted by Gasteiger charge is 2.21. The maximum absolute atomic E-state index is 11.9. The molecule has 0 unspecified atom stereocenters. The van der Waals surface area contributed by atoms with Crippen molar-refractivity contribution in [2.24, 2.45) is 0 Å². The molecule has 98 valence electrons. The van der Waals surface area contributed by atoms with E-state index in [1.807, 2.05) is 0 Å². The molecule has 0 aromatic carbocycles. The summed E-state index contributed by atoms with van der Waals surface area (Å²) in [4.78, 5) is 26.0. The number of anilines is 1. The fourth-order valence-electron chi connectivity index (χ4n) is 1.27. The lowest BCUT2D eigenvalue weighted by Crippen LogP contribution is -2.14. The smallest absolute Gasteiger partial charge is 0.300 e. The van der Waals surface area contributed by atoms with Crippen molar-refractivity contribution in [2.75, 3.05) is 5.32 Å².